The fourth-order valence-electron chi connectivity index (χ4n) is 1.82. The molecule has 0 aromatic heterocycles. The second kappa shape index (κ2) is 4.46. The van der Waals surface area contributed by atoms with Crippen molar-refractivity contribution in [2.75, 3.05) is 13.2 Å². The van der Waals surface area contributed by atoms with Crippen LogP contribution < -0.4 is 10.6 Å². The van der Waals surface area contributed by atoms with Gasteiger partial charge in [-0.25, -0.2) is 4.79 Å². The zero-order chi connectivity index (χ0) is 9.73. The van der Waals surface area contributed by atoms with Gasteiger partial charge in [0.25, 0.3) is 0 Å². The summed E-state index contributed by atoms with van der Waals surface area (Å²) in [6, 6.07) is -0.168. The first kappa shape index (κ1) is 10.3. The lowest BCUT2D eigenvalue weighted by atomic mass is 9.99. The third kappa shape index (κ3) is 2.59. The molecule has 3 N–H and O–H groups in total. The van der Waals surface area contributed by atoms with Crippen molar-refractivity contribution < 1.29 is 9.90 Å². The normalized spacial score (nSPS) is 19.8. The lowest BCUT2D eigenvalue weighted by Gasteiger charge is -2.27. The van der Waals surface area contributed by atoms with Crippen molar-refractivity contribution in [2.45, 2.75) is 38.1 Å². The van der Waals surface area contributed by atoms with Crippen LogP contribution >= 0.6 is 0 Å². The molecule has 0 heterocycles. The summed E-state index contributed by atoms with van der Waals surface area (Å²) >= 11 is 0. The molecular weight excluding hydrogens is 168 g/mol. The lowest BCUT2D eigenvalue weighted by molar-refractivity contribution is 0.163. The summed E-state index contributed by atoms with van der Waals surface area (Å²) in [5, 5.41) is 14.7. The van der Waals surface area contributed by atoms with Crippen molar-refractivity contribution in [3.05, 3.63) is 0 Å². The fourth-order valence-corrected chi connectivity index (χ4v) is 1.82. The molecule has 0 spiro atoms. The van der Waals surface area contributed by atoms with Gasteiger partial charge in [0.2, 0.25) is 0 Å². The Hall–Kier alpha value is -0.770. The van der Waals surface area contributed by atoms with Crippen LogP contribution in [0.2, 0.25) is 0 Å². The van der Waals surface area contributed by atoms with Gasteiger partial charge in [-0.1, -0.05) is 12.8 Å². The molecule has 4 heteroatoms. The van der Waals surface area contributed by atoms with E-state index in [4.69, 9.17) is 0 Å². The van der Waals surface area contributed by atoms with Crippen LogP contribution in [0, 0.1) is 0 Å². The molecule has 1 aliphatic carbocycles. The molecule has 0 unspecified atom stereocenters. The molecule has 76 valence electrons. The average molecular weight is 186 g/mol. The van der Waals surface area contributed by atoms with Crippen LogP contribution in [0.15, 0.2) is 0 Å². The van der Waals surface area contributed by atoms with Crippen LogP contribution in [-0.2, 0) is 0 Å². The summed E-state index contributed by atoms with van der Waals surface area (Å²) in [5.74, 6) is 0. The summed E-state index contributed by atoms with van der Waals surface area (Å²) in [6.07, 6.45) is 3.96. The zero-order valence-electron chi connectivity index (χ0n) is 8.10. The Balaban J connectivity index is 2.43. The van der Waals surface area contributed by atoms with Crippen LogP contribution in [0.5, 0.6) is 0 Å². The van der Waals surface area contributed by atoms with Crippen molar-refractivity contribution in [3.8, 4) is 0 Å². The molecule has 0 atom stereocenters. The average Bonchev–Trinajstić information content (AvgIpc) is 2.54. The van der Waals surface area contributed by atoms with E-state index in [1.807, 2.05) is 6.92 Å². The first-order valence-corrected chi connectivity index (χ1v) is 4.89. The molecule has 0 aromatic rings. The van der Waals surface area contributed by atoms with E-state index < -0.39 is 0 Å². The third-order valence-electron chi connectivity index (χ3n) is 2.58. The number of nitrogens with one attached hydrogen (secondary N) is 2. The number of urea groups is 1. The first-order valence-electron chi connectivity index (χ1n) is 4.89. The molecule has 0 bridgehead atoms. The Kier molecular flexibility index (Phi) is 3.54. The molecule has 0 aliphatic heterocycles. The predicted octanol–water partition coefficient (Wildman–Crippen LogP) is 0.611. The number of aliphatic hydroxyl groups excluding tert-OH is 1. The minimum atomic E-state index is -0.348. The number of aliphatic hydroxyl groups is 1. The van der Waals surface area contributed by atoms with Crippen molar-refractivity contribution in [1.82, 2.24) is 10.6 Å². The van der Waals surface area contributed by atoms with Crippen LogP contribution in [0.4, 0.5) is 4.79 Å². The molecule has 4 nitrogen and oxygen atoms in total. The van der Waals surface area contributed by atoms with Gasteiger partial charge in [-0.3, -0.25) is 0 Å². The molecular formula is C9H18N2O2. The minimum absolute atomic E-state index is 0.0458. The van der Waals surface area contributed by atoms with E-state index in [1.54, 1.807) is 0 Å². The van der Waals surface area contributed by atoms with E-state index >= 15 is 0 Å². The maximum atomic E-state index is 11.2. The maximum Gasteiger partial charge on any atom is 0.315 e. The summed E-state index contributed by atoms with van der Waals surface area (Å²) in [4.78, 5) is 11.2. The van der Waals surface area contributed by atoms with E-state index in [9.17, 15) is 9.90 Å². The van der Waals surface area contributed by atoms with E-state index in [0.29, 0.717) is 6.54 Å². The van der Waals surface area contributed by atoms with Crippen molar-refractivity contribution in [1.29, 1.82) is 0 Å². The Morgan fingerprint density at radius 2 is 2.08 bits per heavy atom. The van der Waals surface area contributed by atoms with Gasteiger partial charge >= 0.3 is 6.03 Å². The summed E-state index contributed by atoms with van der Waals surface area (Å²) in [7, 11) is 0. The number of carbonyl (C=O) groups excluding carboxylic acids is 1. The van der Waals surface area contributed by atoms with Gasteiger partial charge in [-0.2, -0.15) is 0 Å². The van der Waals surface area contributed by atoms with E-state index in [1.165, 1.54) is 0 Å². The van der Waals surface area contributed by atoms with Crippen LogP contribution in [0.3, 0.4) is 0 Å². The van der Waals surface area contributed by atoms with Gasteiger partial charge in [0.1, 0.15) is 0 Å². The fraction of sp³-hybridized carbons (Fsp3) is 0.889. The van der Waals surface area contributed by atoms with Crippen LogP contribution in [0.25, 0.3) is 0 Å². The Morgan fingerprint density at radius 1 is 1.46 bits per heavy atom. The highest BCUT2D eigenvalue weighted by Gasteiger charge is 2.34. The second-order valence-electron chi connectivity index (χ2n) is 3.63. The molecule has 1 rings (SSSR count). The monoisotopic (exact) mass is 186 g/mol. The SMILES string of the molecule is CCNC(=O)NC1(CO)CCCC1. The molecule has 0 radical (unpaired) electrons. The number of hydrogen-bond donors (Lipinski definition) is 3. The van der Waals surface area contributed by atoms with Crippen LogP contribution in [0.1, 0.15) is 32.6 Å². The molecule has 1 saturated carbocycles. The molecule has 13 heavy (non-hydrogen) atoms. The number of rotatable bonds is 3. The highest BCUT2D eigenvalue weighted by Crippen LogP contribution is 2.28. The highest BCUT2D eigenvalue weighted by molar-refractivity contribution is 5.74. The van der Waals surface area contributed by atoms with Gasteiger partial charge in [-0.05, 0) is 19.8 Å². The molecule has 0 saturated heterocycles. The van der Waals surface area contributed by atoms with E-state index in [0.717, 1.165) is 25.7 Å². The van der Waals surface area contributed by atoms with E-state index in [2.05, 4.69) is 10.6 Å². The maximum absolute atomic E-state index is 11.2. The molecule has 1 aliphatic rings. The van der Waals surface area contributed by atoms with Crippen molar-refractivity contribution >= 4 is 6.03 Å². The summed E-state index contributed by atoms with van der Waals surface area (Å²) < 4.78 is 0. The molecule has 2 amide bonds. The van der Waals surface area contributed by atoms with Crippen molar-refractivity contribution in [2.24, 2.45) is 0 Å². The number of hydrogen-bond acceptors (Lipinski definition) is 2. The number of amides is 2. The predicted molar refractivity (Wildman–Crippen MR) is 50.5 cm³/mol. The van der Waals surface area contributed by atoms with Gasteiger partial charge in [-0.15, -0.1) is 0 Å². The third-order valence-corrected chi connectivity index (χ3v) is 2.58. The van der Waals surface area contributed by atoms with Gasteiger partial charge in [0.05, 0.1) is 12.1 Å². The second-order valence-corrected chi connectivity index (χ2v) is 3.63. The quantitative estimate of drug-likeness (QED) is 0.604. The molecule has 1 fully saturated rings. The lowest BCUT2D eigenvalue weighted by Crippen LogP contribution is -2.52. The summed E-state index contributed by atoms with van der Waals surface area (Å²) in [6.45, 7) is 2.54. The minimum Gasteiger partial charge on any atom is -0.394 e. The summed E-state index contributed by atoms with van der Waals surface area (Å²) in [5.41, 5.74) is -0.348. The Bertz CT molecular complexity index is 176. The highest BCUT2D eigenvalue weighted by atomic mass is 16.3. The Labute approximate surface area is 78.7 Å². The largest absolute Gasteiger partial charge is 0.394 e. The van der Waals surface area contributed by atoms with Crippen LogP contribution in [-0.4, -0.2) is 29.8 Å². The zero-order valence-corrected chi connectivity index (χ0v) is 8.10. The van der Waals surface area contributed by atoms with E-state index in [-0.39, 0.29) is 18.2 Å². The Morgan fingerprint density at radius 3 is 2.54 bits per heavy atom. The number of carbonyl (C=O) groups is 1. The smallest absolute Gasteiger partial charge is 0.315 e. The topological polar surface area (TPSA) is 61.4 Å². The van der Waals surface area contributed by atoms with Crippen molar-refractivity contribution in [3.63, 3.8) is 0 Å². The standard InChI is InChI=1S/C9H18N2O2/c1-2-10-8(13)11-9(7-12)5-3-4-6-9/h12H,2-7H2,1H3,(H2,10,11,13). The molecule has 0 aromatic carbocycles. The first-order chi connectivity index (χ1) is 6.22. The van der Waals surface area contributed by atoms with Gasteiger partial charge in [0, 0.05) is 6.54 Å². The van der Waals surface area contributed by atoms with Gasteiger partial charge in [0.15, 0.2) is 0 Å². The van der Waals surface area contributed by atoms with Gasteiger partial charge < -0.3 is 15.7 Å².